The highest BCUT2D eigenvalue weighted by atomic mass is 35.5. The number of rotatable bonds is 7. The third-order valence-electron chi connectivity index (χ3n) is 2.94. The molecule has 0 aliphatic rings. The molecule has 0 N–H and O–H groups in total. The van der Waals surface area contributed by atoms with Crippen LogP contribution < -0.4 is 9.47 Å². The van der Waals surface area contributed by atoms with Gasteiger partial charge in [0.25, 0.3) is 0 Å². The summed E-state index contributed by atoms with van der Waals surface area (Å²) < 4.78 is 57.8. The maximum Gasteiger partial charge on any atom is 0.387 e. The topological polar surface area (TPSA) is 35.5 Å². The lowest BCUT2D eigenvalue weighted by Crippen LogP contribution is -2.08. The number of carbonyl (C=O) groups is 1. The molecule has 8 heteroatoms. The van der Waals surface area contributed by atoms with E-state index in [4.69, 9.17) is 11.6 Å². The molecule has 2 aromatic rings. The van der Waals surface area contributed by atoms with E-state index in [2.05, 4.69) is 9.47 Å². The Morgan fingerprint density at radius 3 is 2.36 bits per heavy atom. The molecule has 3 nitrogen and oxygen atoms in total. The number of halogens is 5. The van der Waals surface area contributed by atoms with Crippen molar-refractivity contribution in [1.29, 1.82) is 0 Å². The number of ketones is 1. The van der Waals surface area contributed by atoms with Crippen molar-refractivity contribution in [3.05, 3.63) is 64.7 Å². The standard InChI is InChI=1S/C17H11ClF4O3/c18-11-3-1-2-10(8-11)4-7-14(23)13-6-5-12(24-16(19)20)9-15(13)25-17(21)22/h1-9,16-17H. The fourth-order valence-electron chi connectivity index (χ4n) is 1.95. The summed E-state index contributed by atoms with van der Waals surface area (Å²) in [4.78, 5) is 12.2. The summed E-state index contributed by atoms with van der Waals surface area (Å²) in [5.41, 5.74) is 0.398. The van der Waals surface area contributed by atoms with Gasteiger partial charge < -0.3 is 9.47 Å². The monoisotopic (exact) mass is 374 g/mol. The predicted molar refractivity (Wildman–Crippen MR) is 84.5 cm³/mol. The molecule has 0 radical (unpaired) electrons. The lowest BCUT2D eigenvalue weighted by atomic mass is 10.1. The fourth-order valence-corrected chi connectivity index (χ4v) is 2.15. The van der Waals surface area contributed by atoms with Crippen molar-refractivity contribution in [2.75, 3.05) is 0 Å². The first-order valence-corrected chi connectivity index (χ1v) is 7.24. The summed E-state index contributed by atoms with van der Waals surface area (Å²) in [5.74, 6) is -1.62. The van der Waals surface area contributed by atoms with E-state index in [1.54, 1.807) is 24.3 Å². The number of carbonyl (C=O) groups excluding carboxylic acids is 1. The smallest absolute Gasteiger partial charge is 0.387 e. The highest BCUT2D eigenvalue weighted by molar-refractivity contribution is 6.30. The summed E-state index contributed by atoms with van der Waals surface area (Å²) in [6.07, 6.45) is 2.57. The van der Waals surface area contributed by atoms with Crippen molar-refractivity contribution in [3.63, 3.8) is 0 Å². The van der Waals surface area contributed by atoms with Gasteiger partial charge in [-0.2, -0.15) is 17.6 Å². The third kappa shape index (κ3) is 5.79. The molecule has 0 fully saturated rings. The van der Waals surface area contributed by atoms with E-state index >= 15 is 0 Å². The van der Waals surface area contributed by atoms with Crippen LogP contribution in [0.25, 0.3) is 6.08 Å². The number of alkyl halides is 4. The van der Waals surface area contributed by atoms with Gasteiger partial charge >= 0.3 is 13.2 Å². The zero-order valence-electron chi connectivity index (χ0n) is 12.5. The van der Waals surface area contributed by atoms with Crippen LogP contribution in [0.15, 0.2) is 48.5 Å². The van der Waals surface area contributed by atoms with Gasteiger partial charge in [0.1, 0.15) is 11.5 Å². The summed E-state index contributed by atoms with van der Waals surface area (Å²) >= 11 is 5.82. The van der Waals surface area contributed by atoms with Gasteiger partial charge in [-0.05, 0) is 35.9 Å². The van der Waals surface area contributed by atoms with Crippen molar-refractivity contribution in [1.82, 2.24) is 0 Å². The molecular formula is C17H11ClF4O3. The minimum absolute atomic E-state index is 0.222. The van der Waals surface area contributed by atoms with Crippen LogP contribution in [-0.4, -0.2) is 19.0 Å². The van der Waals surface area contributed by atoms with E-state index in [0.717, 1.165) is 24.3 Å². The molecule has 0 aliphatic carbocycles. The van der Waals surface area contributed by atoms with Crippen LogP contribution in [-0.2, 0) is 0 Å². The van der Waals surface area contributed by atoms with Gasteiger partial charge in [0.15, 0.2) is 5.78 Å². The fraction of sp³-hybridized carbons (Fsp3) is 0.118. The van der Waals surface area contributed by atoms with E-state index < -0.39 is 30.5 Å². The molecule has 132 valence electrons. The molecule has 0 saturated carbocycles. The van der Waals surface area contributed by atoms with E-state index in [-0.39, 0.29) is 5.56 Å². The molecule has 0 amide bonds. The maximum absolute atomic E-state index is 12.5. The van der Waals surface area contributed by atoms with E-state index in [1.807, 2.05) is 0 Å². The van der Waals surface area contributed by atoms with Gasteiger partial charge in [0.2, 0.25) is 0 Å². The maximum atomic E-state index is 12.5. The van der Waals surface area contributed by atoms with Crippen molar-refractivity contribution in [2.24, 2.45) is 0 Å². The molecule has 0 bridgehead atoms. The Kier molecular flexibility index (Phi) is 6.41. The summed E-state index contributed by atoms with van der Waals surface area (Å²) in [6.45, 7) is -6.37. The second kappa shape index (κ2) is 8.53. The summed E-state index contributed by atoms with van der Waals surface area (Å²) in [5, 5.41) is 0.463. The Morgan fingerprint density at radius 2 is 1.72 bits per heavy atom. The van der Waals surface area contributed by atoms with Crippen LogP contribution in [0.1, 0.15) is 15.9 Å². The third-order valence-corrected chi connectivity index (χ3v) is 3.17. The van der Waals surface area contributed by atoms with Crippen molar-refractivity contribution in [2.45, 2.75) is 13.2 Å². The second-order valence-corrected chi connectivity index (χ2v) is 5.10. The Bertz CT molecular complexity index is 778. The Balaban J connectivity index is 2.27. The van der Waals surface area contributed by atoms with Crippen LogP contribution in [0.5, 0.6) is 11.5 Å². The van der Waals surface area contributed by atoms with Gasteiger partial charge in [-0.3, -0.25) is 4.79 Å². The molecular weight excluding hydrogens is 364 g/mol. The van der Waals surface area contributed by atoms with Gasteiger partial charge in [0.05, 0.1) is 5.56 Å². The summed E-state index contributed by atoms with van der Waals surface area (Å²) in [7, 11) is 0. The minimum Gasteiger partial charge on any atom is -0.435 e. The Labute approximate surface area is 145 Å². The molecule has 2 aromatic carbocycles. The van der Waals surface area contributed by atoms with Crippen molar-refractivity contribution in [3.8, 4) is 11.5 Å². The van der Waals surface area contributed by atoms with Crippen molar-refractivity contribution < 1.29 is 31.8 Å². The Hall–Kier alpha value is -2.54. The van der Waals surface area contributed by atoms with Crippen LogP contribution in [0.4, 0.5) is 17.6 Å². The van der Waals surface area contributed by atoms with Gasteiger partial charge in [0, 0.05) is 11.1 Å². The van der Waals surface area contributed by atoms with Gasteiger partial charge in [-0.15, -0.1) is 0 Å². The molecule has 0 heterocycles. The average Bonchev–Trinajstić information content (AvgIpc) is 2.52. The normalized spacial score (nSPS) is 11.3. The zero-order valence-corrected chi connectivity index (χ0v) is 13.2. The molecule has 0 spiro atoms. The molecule has 2 rings (SSSR count). The molecule has 0 saturated heterocycles. The highest BCUT2D eigenvalue weighted by Crippen LogP contribution is 2.28. The SMILES string of the molecule is O=C(C=Cc1cccc(Cl)c1)c1ccc(OC(F)F)cc1OC(F)F. The molecule has 0 atom stereocenters. The van der Waals surface area contributed by atoms with Crippen molar-refractivity contribution >= 4 is 23.5 Å². The quantitative estimate of drug-likeness (QED) is 0.368. The average molecular weight is 375 g/mol. The lowest BCUT2D eigenvalue weighted by Gasteiger charge is -2.11. The number of allylic oxidation sites excluding steroid dienone is 1. The van der Waals surface area contributed by atoms with Crippen LogP contribution in [0, 0.1) is 0 Å². The number of ether oxygens (including phenoxy) is 2. The number of benzene rings is 2. The second-order valence-electron chi connectivity index (χ2n) is 4.67. The first-order valence-electron chi connectivity index (χ1n) is 6.87. The molecule has 0 aromatic heterocycles. The Morgan fingerprint density at radius 1 is 1.00 bits per heavy atom. The zero-order chi connectivity index (χ0) is 18.4. The van der Waals surface area contributed by atoms with E-state index in [9.17, 15) is 22.4 Å². The van der Waals surface area contributed by atoms with Crippen LogP contribution in [0.2, 0.25) is 5.02 Å². The minimum atomic E-state index is -3.23. The van der Waals surface area contributed by atoms with E-state index in [0.29, 0.717) is 10.6 Å². The number of hydrogen-bond acceptors (Lipinski definition) is 3. The molecule has 25 heavy (non-hydrogen) atoms. The number of hydrogen-bond donors (Lipinski definition) is 0. The highest BCUT2D eigenvalue weighted by Gasteiger charge is 2.16. The van der Waals surface area contributed by atoms with Gasteiger partial charge in [-0.25, -0.2) is 0 Å². The lowest BCUT2D eigenvalue weighted by molar-refractivity contribution is -0.0544. The van der Waals surface area contributed by atoms with Gasteiger partial charge in [-0.1, -0.05) is 29.8 Å². The first-order chi connectivity index (χ1) is 11.8. The summed E-state index contributed by atoms with van der Waals surface area (Å²) in [6, 6.07) is 9.54. The van der Waals surface area contributed by atoms with Crippen LogP contribution in [0.3, 0.4) is 0 Å². The van der Waals surface area contributed by atoms with Crippen LogP contribution >= 0.6 is 11.6 Å². The predicted octanol–water partition coefficient (Wildman–Crippen LogP) is 5.44. The van der Waals surface area contributed by atoms with E-state index in [1.165, 1.54) is 6.08 Å². The largest absolute Gasteiger partial charge is 0.435 e. The first kappa shape index (κ1) is 18.8. The molecule has 0 unspecified atom stereocenters. The molecule has 0 aliphatic heterocycles.